The van der Waals surface area contributed by atoms with Gasteiger partial charge in [-0.2, -0.15) is 8.78 Å². The number of non-ortho nitro benzene ring substituents is 1. The Balaban J connectivity index is 2.29. The Bertz CT molecular complexity index is 817. The molecular formula is C15H11ClF2N2O5. The Labute approximate surface area is 145 Å². The molecule has 0 saturated heterocycles. The van der Waals surface area contributed by atoms with Crippen molar-refractivity contribution >= 4 is 28.9 Å². The standard InChI is InChI=1S/C15H11ClF2N2O5/c1-24-12-5-2-8(6-13(12)25-15(17)18)19-14(21)10-7-9(20(22)23)3-4-11(10)16/h2-7,15H,1H3,(H,19,21). The Kier molecular flexibility index (Phi) is 5.71. The van der Waals surface area contributed by atoms with Crippen molar-refractivity contribution in [1.82, 2.24) is 0 Å². The predicted octanol–water partition coefficient (Wildman–Crippen LogP) is 4.11. The highest BCUT2D eigenvalue weighted by Gasteiger charge is 2.17. The second kappa shape index (κ2) is 7.75. The number of anilines is 1. The van der Waals surface area contributed by atoms with Gasteiger partial charge in [0, 0.05) is 23.9 Å². The number of hydrogen-bond donors (Lipinski definition) is 1. The van der Waals surface area contributed by atoms with Gasteiger partial charge in [0.15, 0.2) is 11.5 Å². The summed E-state index contributed by atoms with van der Waals surface area (Å²) >= 11 is 5.88. The molecule has 0 aliphatic rings. The topological polar surface area (TPSA) is 90.7 Å². The molecule has 7 nitrogen and oxygen atoms in total. The molecule has 1 N–H and O–H groups in total. The van der Waals surface area contributed by atoms with Gasteiger partial charge in [0.2, 0.25) is 0 Å². The third-order valence-corrected chi connectivity index (χ3v) is 3.37. The van der Waals surface area contributed by atoms with E-state index < -0.39 is 17.4 Å². The fourth-order valence-corrected chi connectivity index (χ4v) is 2.15. The second-order valence-electron chi connectivity index (χ2n) is 4.62. The van der Waals surface area contributed by atoms with Crippen LogP contribution in [0, 0.1) is 10.1 Å². The van der Waals surface area contributed by atoms with Crippen molar-refractivity contribution in [3.05, 3.63) is 57.1 Å². The van der Waals surface area contributed by atoms with Crippen LogP contribution in [-0.2, 0) is 0 Å². The smallest absolute Gasteiger partial charge is 0.387 e. The van der Waals surface area contributed by atoms with Crippen LogP contribution < -0.4 is 14.8 Å². The molecule has 0 unspecified atom stereocenters. The molecule has 1 amide bonds. The van der Waals surface area contributed by atoms with Crippen molar-refractivity contribution in [2.24, 2.45) is 0 Å². The monoisotopic (exact) mass is 372 g/mol. The van der Waals surface area contributed by atoms with E-state index in [0.717, 1.165) is 18.2 Å². The summed E-state index contributed by atoms with van der Waals surface area (Å²) in [4.78, 5) is 22.4. The molecule has 0 bridgehead atoms. The molecule has 2 aromatic carbocycles. The van der Waals surface area contributed by atoms with E-state index in [4.69, 9.17) is 16.3 Å². The summed E-state index contributed by atoms with van der Waals surface area (Å²) in [5, 5.41) is 13.2. The lowest BCUT2D eigenvalue weighted by atomic mass is 10.1. The van der Waals surface area contributed by atoms with E-state index in [1.54, 1.807) is 0 Å². The maximum absolute atomic E-state index is 12.4. The van der Waals surface area contributed by atoms with Crippen LogP contribution in [0.15, 0.2) is 36.4 Å². The summed E-state index contributed by atoms with van der Waals surface area (Å²) in [7, 11) is 1.27. The van der Waals surface area contributed by atoms with Gasteiger partial charge in [-0.1, -0.05) is 11.6 Å². The number of ether oxygens (including phenoxy) is 2. The average Bonchev–Trinajstić information content (AvgIpc) is 2.54. The van der Waals surface area contributed by atoms with E-state index in [2.05, 4.69) is 10.1 Å². The van der Waals surface area contributed by atoms with Gasteiger partial charge in [-0.15, -0.1) is 0 Å². The average molecular weight is 373 g/mol. The maximum Gasteiger partial charge on any atom is 0.387 e. The van der Waals surface area contributed by atoms with Gasteiger partial charge >= 0.3 is 6.61 Å². The van der Waals surface area contributed by atoms with Crippen molar-refractivity contribution < 1.29 is 28.0 Å². The number of hydrogen-bond acceptors (Lipinski definition) is 5. The van der Waals surface area contributed by atoms with Crippen molar-refractivity contribution in [2.75, 3.05) is 12.4 Å². The fraction of sp³-hybridized carbons (Fsp3) is 0.133. The largest absolute Gasteiger partial charge is 0.493 e. The molecule has 2 aromatic rings. The first-order valence-corrected chi connectivity index (χ1v) is 7.07. The van der Waals surface area contributed by atoms with Crippen molar-refractivity contribution in [1.29, 1.82) is 0 Å². The van der Waals surface area contributed by atoms with Crippen LogP contribution in [-0.4, -0.2) is 24.6 Å². The predicted molar refractivity (Wildman–Crippen MR) is 85.7 cm³/mol. The molecule has 0 aromatic heterocycles. The molecule has 10 heteroatoms. The Morgan fingerprint density at radius 2 is 1.96 bits per heavy atom. The van der Waals surface area contributed by atoms with Crippen LogP contribution in [0.5, 0.6) is 11.5 Å². The van der Waals surface area contributed by atoms with E-state index >= 15 is 0 Å². The Morgan fingerprint density at radius 1 is 1.24 bits per heavy atom. The van der Waals surface area contributed by atoms with Gasteiger partial charge < -0.3 is 14.8 Å². The summed E-state index contributed by atoms with van der Waals surface area (Å²) in [5.74, 6) is -0.978. The number of rotatable bonds is 6. The van der Waals surface area contributed by atoms with E-state index in [-0.39, 0.29) is 33.5 Å². The first kappa shape index (κ1) is 18.4. The lowest BCUT2D eigenvalue weighted by molar-refractivity contribution is -0.384. The number of nitro benzene ring substituents is 1. The van der Waals surface area contributed by atoms with Crippen LogP contribution >= 0.6 is 11.6 Å². The van der Waals surface area contributed by atoms with Gasteiger partial charge in [-0.05, 0) is 18.2 Å². The lowest BCUT2D eigenvalue weighted by Crippen LogP contribution is -2.13. The highest BCUT2D eigenvalue weighted by molar-refractivity contribution is 6.34. The van der Waals surface area contributed by atoms with E-state index in [1.165, 1.54) is 25.3 Å². The first-order chi connectivity index (χ1) is 11.8. The first-order valence-electron chi connectivity index (χ1n) is 6.70. The zero-order chi connectivity index (χ0) is 18.6. The summed E-state index contributed by atoms with van der Waals surface area (Å²) in [6, 6.07) is 7.23. The van der Waals surface area contributed by atoms with Crippen LogP contribution in [0.2, 0.25) is 5.02 Å². The molecule has 0 aliphatic carbocycles. The number of carbonyl (C=O) groups is 1. The molecule has 0 saturated carbocycles. The number of carbonyl (C=O) groups excluding carboxylic acids is 1. The fourth-order valence-electron chi connectivity index (χ4n) is 1.94. The number of nitrogens with zero attached hydrogens (tertiary/aromatic N) is 1. The Morgan fingerprint density at radius 3 is 2.56 bits per heavy atom. The number of nitrogens with one attached hydrogen (secondary N) is 1. The van der Waals surface area contributed by atoms with Gasteiger partial charge in [-0.3, -0.25) is 14.9 Å². The minimum Gasteiger partial charge on any atom is -0.493 e. The van der Waals surface area contributed by atoms with Gasteiger partial charge in [0.05, 0.1) is 22.6 Å². The van der Waals surface area contributed by atoms with Gasteiger partial charge in [-0.25, -0.2) is 0 Å². The summed E-state index contributed by atoms with van der Waals surface area (Å²) < 4.78 is 34.0. The molecule has 0 atom stereocenters. The molecule has 0 spiro atoms. The number of methoxy groups -OCH3 is 1. The second-order valence-corrected chi connectivity index (χ2v) is 5.03. The van der Waals surface area contributed by atoms with Crippen molar-refractivity contribution in [3.63, 3.8) is 0 Å². The number of nitro groups is 1. The zero-order valence-electron chi connectivity index (χ0n) is 12.7. The third-order valence-electron chi connectivity index (χ3n) is 3.04. The van der Waals surface area contributed by atoms with Gasteiger partial charge in [0.1, 0.15) is 0 Å². The van der Waals surface area contributed by atoms with Crippen molar-refractivity contribution in [3.8, 4) is 11.5 Å². The van der Waals surface area contributed by atoms with Crippen LogP contribution in [0.1, 0.15) is 10.4 Å². The SMILES string of the molecule is COc1ccc(NC(=O)c2cc([N+](=O)[O-])ccc2Cl)cc1OC(F)F. The minimum absolute atomic E-state index is 0.000616. The molecule has 0 fully saturated rings. The summed E-state index contributed by atoms with van der Waals surface area (Å²) in [6.45, 7) is -3.08. The highest BCUT2D eigenvalue weighted by atomic mass is 35.5. The molecule has 0 aliphatic heterocycles. The number of halogens is 3. The summed E-state index contributed by atoms with van der Waals surface area (Å²) in [5.41, 5.74) is -0.335. The lowest BCUT2D eigenvalue weighted by Gasteiger charge is -2.12. The normalized spacial score (nSPS) is 10.4. The minimum atomic E-state index is -3.08. The van der Waals surface area contributed by atoms with E-state index in [0.29, 0.717) is 0 Å². The molecule has 0 radical (unpaired) electrons. The van der Waals surface area contributed by atoms with Crippen LogP contribution in [0.3, 0.4) is 0 Å². The number of amides is 1. The number of benzene rings is 2. The molecule has 25 heavy (non-hydrogen) atoms. The molecular weight excluding hydrogens is 362 g/mol. The molecule has 132 valence electrons. The van der Waals surface area contributed by atoms with Crippen LogP contribution in [0.25, 0.3) is 0 Å². The molecule has 0 heterocycles. The number of alkyl halides is 2. The third kappa shape index (κ3) is 4.54. The molecule has 2 rings (SSSR count). The maximum atomic E-state index is 12.4. The quantitative estimate of drug-likeness (QED) is 0.608. The van der Waals surface area contributed by atoms with Crippen LogP contribution in [0.4, 0.5) is 20.2 Å². The zero-order valence-corrected chi connectivity index (χ0v) is 13.4. The van der Waals surface area contributed by atoms with Crippen molar-refractivity contribution in [2.45, 2.75) is 6.61 Å². The highest BCUT2D eigenvalue weighted by Crippen LogP contribution is 2.32. The summed E-state index contributed by atoms with van der Waals surface area (Å²) in [6.07, 6.45) is 0. The van der Waals surface area contributed by atoms with E-state index in [9.17, 15) is 23.7 Å². The van der Waals surface area contributed by atoms with E-state index in [1.807, 2.05) is 0 Å². The Hall–Kier alpha value is -2.94. The van der Waals surface area contributed by atoms with Gasteiger partial charge in [0.25, 0.3) is 11.6 Å².